The average Bonchev–Trinajstić information content (AvgIpc) is 2.50. The van der Waals surface area contributed by atoms with Crippen LogP contribution < -0.4 is 16.0 Å². The van der Waals surface area contributed by atoms with Gasteiger partial charge in [0.25, 0.3) is 0 Å². The maximum Gasteiger partial charge on any atom is 0.411 e. The summed E-state index contributed by atoms with van der Waals surface area (Å²) in [5.74, 6) is -0.140. The smallest absolute Gasteiger partial charge is 0.411 e. The van der Waals surface area contributed by atoms with Crippen LogP contribution in [0.2, 0.25) is 0 Å². The van der Waals surface area contributed by atoms with Gasteiger partial charge in [-0.3, -0.25) is 10.1 Å². The predicted molar refractivity (Wildman–Crippen MR) is 73.7 cm³/mol. The Morgan fingerprint density at radius 3 is 2.45 bits per heavy atom. The number of hydrogen-bond donors (Lipinski definition) is 3. The zero-order valence-electron chi connectivity index (χ0n) is 11.1. The summed E-state index contributed by atoms with van der Waals surface area (Å²) >= 11 is 0. The van der Waals surface area contributed by atoms with Gasteiger partial charge in [0.1, 0.15) is 6.04 Å². The topological polar surface area (TPSA) is 88.7 Å². The lowest BCUT2D eigenvalue weighted by atomic mass is 10.2. The molecule has 1 heterocycles. The Morgan fingerprint density at radius 1 is 1.25 bits per heavy atom. The highest BCUT2D eigenvalue weighted by atomic mass is 16.5. The third-order valence-electron chi connectivity index (χ3n) is 2.82. The van der Waals surface area contributed by atoms with Crippen LogP contribution >= 0.6 is 0 Å². The second kappa shape index (κ2) is 6.88. The van der Waals surface area contributed by atoms with Crippen LogP contribution in [0.3, 0.4) is 0 Å². The predicted octanol–water partition coefficient (Wildman–Crippen LogP) is 0.792. The van der Waals surface area contributed by atoms with Crippen molar-refractivity contribution in [3.05, 3.63) is 24.3 Å². The minimum atomic E-state index is -0.537. The molecule has 1 aliphatic heterocycles. The summed E-state index contributed by atoms with van der Waals surface area (Å²) in [6, 6.07) is 6.42. The van der Waals surface area contributed by atoms with Gasteiger partial charge >= 0.3 is 6.09 Å². The van der Waals surface area contributed by atoms with Crippen LogP contribution in [0.1, 0.15) is 0 Å². The molecule has 1 aromatic rings. The molecule has 0 bridgehead atoms. The Labute approximate surface area is 116 Å². The number of nitrogens with one attached hydrogen (secondary N) is 3. The Bertz CT molecular complexity index is 469. The summed E-state index contributed by atoms with van der Waals surface area (Å²) in [4.78, 5) is 23.0. The first-order valence-electron chi connectivity index (χ1n) is 6.26. The maximum atomic E-state index is 11.9. The third-order valence-corrected chi connectivity index (χ3v) is 2.82. The average molecular weight is 279 g/mol. The van der Waals surface area contributed by atoms with E-state index in [-0.39, 0.29) is 11.9 Å². The van der Waals surface area contributed by atoms with Crippen LogP contribution in [0.5, 0.6) is 0 Å². The molecule has 3 N–H and O–H groups in total. The van der Waals surface area contributed by atoms with Crippen molar-refractivity contribution in [2.24, 2.45) is 0 Å². The number of rotatable bonds is 3. The van der Waals surface area contributed by atoms with Gasteiger partial charge in [-0.05, 0) is 24.3 Å². The Hall–Kier alpha value is -2.12. The van der Waals surface area contributed by atoms with Crippen LogP contribution in [0, 0.1) is 0 Å². The van der Waals surface area contributed by atoms with E-state index in [2.05, 4.69) is 20.7 Å². The molecule has 1 aliphatic rings. The largest absolute Gasteiger partial charge is 0.453 e. The molecule has 7 heteroatoms. The molecule has 2 amide bonds. The lowest BCUT2D eigenvalue weighted by Gasteiger charge is -2.22. The third kappa shape index (κ3) is 3.94. The molecular weight excluding hydrogens is 262 g/mol. The highest BCUT2D eigenvalue weighted by molar-refractivity contribution is 5.95. The summed E-state index contributed by atoms with van der Waals surface area (Å²) in [5.41, 5.74) is 1.24. The fraction of sp³-hybridized carbons (Fsp3) is 0.385. The van der Waals surface area contributed by atoms with Crippen LogP contribution in [0.25, 0.3) is 0 Å². The first kappa shape index (κ1) is 14.3. The number of methoxy groups -OCH3 is 1. The number of carbonyl (C=O) groups excluding carboxylic acids is 2. The van der Waals surface area contributed by atoms with Gasteiger partial charge in [-0.15, -0.1) is 0 Å². The molecule has 2 rings (SSSR count). The second-order valence-corrected chi connectivity index (χ2v) is 4.26. The highest BCUT2D eigenvalue weighted by Gasteiger charge is 2.20. The minimum Gasteiger partial charge on any atom is -0.453 e. The maximum absolute atomic E-state index is 11.9. The van der Waals surface area contributed by atoms with Crippen molar-refractivity contribution >= 4 is 23.4 Å². The Kier molecular flexibility index (Phi) is 4.91. The van der Waals surface area contributed by atoms with Gasteiger partial charge in [0, 0.05) is 17.9 Å². The van der Waals surface area contributed by atoms with Gasteiger partial charge in [-0.25, -0.2) is 4.79 Å². The van der Waals surface area contributed by atoms with Gasteiger partial charge in [0.05, 0.1) is 20.3 Å². The Morgan fingerprint density at radius 2 is 1.90 bits per heavy atom. The second-order valence-electron chi connectivity index (χ2n) is 4.26. The van der Waals surface area contributed by atoms with Crippen LogP contribution in [-0.4, -0.2) is 44.9 Å². The molecule has 0 aromatic heterocycles. The van der Waals surface area contributed by atoms with E-state index in [4.69, 9.17) is 4.74 Å². The summed E-state index contributed by atoms with van der Waals surface area (Å²) < 4.78 is 9.72. The summed E-state index contributed by atoms with van der Waals surface area (Å²) in [7, 11) is 1.29. The molecular formula is C13H17N3O4. The molecule has 20 heavy (non-hydrogen) atoms. The fourth-order valence-electron chi connectivity index (χ4n) is 1.77. The van der Waals surface area contributed by atoms with E-state index in [1.807, 2.05) is 0 Å². The van der Waals surface area contributed by atoms with Crippen LogP contribution in [0.15, 0.2) is 24.3 Å². The molecule has 7 nitrogen and oxygen atoms in total. The molecule has 108 valence electrons. The number of morpholine rings is 1. The van der Waals surface area contributed by atoms with Crippen molar-refractivity contribution in [2.75, 3.05) is 37.5 Å². The van der Waals surface area contributed by atoms with E-state index in [0.29, 0.717) is 31.1 Å². The quantitative estimate of drug-likeness (QED) is 0.761. The molecule has 1 fully saturated rings. The molecule has 1 aromatic carbocycles. The van der Waals surface area contributed by atoms with E-state index < -0.39 is 6.09 Å². The normalized spacial score (nSPS) is 18.1. The number of hydrogen-bond acceptors (Lipinski definition) is 5. The molecule has 0 radical (unpaired) electrons. The number of benzene rings is 1. The highest BCUT2D eigenvalue weighted by Crippen LogP contribution is 2.14. The lowest BCUT2D eigenvalue weighted by molar-refractivity contribution is -0.120. The summed E-state index contributed by atoms with van der Waals surface area (Å²) in [6.45, 7) is 1.66. The first-order chi connectivity index (χ1) is 9.69. The molecule has 0 spiro atoms. The van der Waals surface area contributed by atoms with Crippen LogP contribution in [-0.2, 0) is 14.3 Å². The van der Waals surface area contributed by atoms with Gasteiger partial charge in [-0.1, -0.05) is 0 Å². The van der Waals surface area contributed by atoms with Crippen molar-refractivity contribution in [2.45, 2.75) is 6.04 Å². The molecule has 1 unspecified atom stereocenters. The number of ether oxygens (including phenoxy) is 2. The van der Waals surface area contributed by atoms with E-state index >= 15 is 0 Å². The lowest BCUT2D eigenvalue weighted by Crippen LogP contribution is -2.48. The first-order valence-corrected chi connectivity index (χ1v) is 6.26. The zero-order valence-corrected chi connectivity index (χ0v) is 11.1. The number of amides is 2. The standard InChI is InChI=1S/C13H17N3O4/c1-19-13(18)16-10-4-2-9(3-5-10)15-12(17)11-8-20-7-6-14-11/h2-5,11,14H,6-8H2,1H3,(H,15,17)(H,16,18). The molecule has 0 saturated carbocycles. The van der Waals surface area contributed by atoms with E-state index in [9.17, 15) is 9.59 Å². The van der Waals surface area contributed by atoms with E-state index in [1.54, 1.807) is 24.3 Å². The monoisotopic (exact) mass is 279 g/mol. The van der Waals surface area contributed by atoms with Crippen molar-refractivity contribution in [1.82, 2.24) is 5.32 Å². The summed E-state index contributed by atoms with van der Waals surface area (Å²) in [6.07, 6.45) is -0.537. The van der Waals surface area contributed by atoms with Crippen molar-refractivity contribution in [3.8, 4) is 0 Å². The molecule has 1 saturated heterocycles. The van der Waals surface area contributed by atoms with E-state index in [1.165, 1.54) is 7.11 Å². The minimum absolute atomic E-state index is 0.140. The van der Waals surface area contributed by atoms with Crippen LogP contribution in [0.4, 0.5) is 16.2 Å². The number of anilines is 2. The SMILES string of the molecule is COC(=O)Nc1ccc(NC(=O)C2COCCN2)cc1. The van der Waals surface area contributed by atoms with Crippen molar-refractivity contribution < 1.29 is 19.1 Å². The fourth-order valence-corrected chi connectivity index (χ4v) is 1.77. The molecule has 1 atom stereocenters. The van der Waals surface area contributed by atoms with Crippen molar-refractivity contribution in [1.29, 1.82) is 0 Å². The van der Waals surface area contributed by atoms with Gasteiger partial charge in [0.2, 0.25) is 5.91 Å². The molecule has 0 aliphatic carbocycles. The van der Waals surface area contributed by atoms with Gasteiger partial charge in [0.15, 0.2) is 0 Å². The zero-order chi connectivity index (χ0) is 14.4. The van der Waals surface area contributed by atoms with Gasteiger partial charge < -0.3 is 20.1 Å². The van der Waals surface area contributed by atoms with Gasteiger partial charge in [-0.2, -0.15) is 0 Å². The summed E-state index contributed by atoms with van der Waals surface area (Å²) in [5, 5.41) is 8.38. The van der Waals surface area contributed by atoms with E-state index in [0.717, 1.165) is 0 Å². The van der Waals surface area contributed by atoms with Crippen molar-refractivity contribution in [3.63, 3.8) is 0 Å². The number of carbonyl (C=O) groups is 2. The Balaban J connectivity index is 1.89.